The molecular weight excluding hydrogens is 92.1 g/mol. The van der Waals surface area contributed by atoms with Crippen molar-refractivity contribution < 1.29 is 4.84 Å². The molecule has 0 amide bonds. The molecule has 7 heavy (non-hydrogen) atoms. The van der Waals surface area contributed by atoms with Crippen molar-refractivity contribution in [3.8, 4) is 0 Å². The van der Waals surface area contributed by atoms with Gasteiger partial charge < -0.3 is 4.84 Å². The molecule has 0 atom stereocenters. The smallest absolute Gasteiger partial charge is 0.155 e. The third-order valence-electron chi connectivity index (χ3n) is 0.486. The number of rotatable bonds is 0. The first-order chi connectivity index (χ1) is 3.50. The van der Waals surface area contributed by atoms with Crippen LogP contribution in [0.4, 0.5) is 0 Å². The van der Waals surface area contributed by atoms with E-state index >= 15 is 0 Å². The van der Waals surface area contributed by atoms with E-state index in [4.69, 9.17) is 0 Å². The molecule has 0 saturated heterocycles. The number of hydrogen-bond donors (Lipinski definition) is 0. The quantitative estimate of drug-likeness (QED) is 0.433. The summed E-state index contributed by atoms with van der Waals surface area (Å²) in [6.45, 7) is 0. The highest BCUT2D eigenvalue weighted by molar-refractivity contribution is 5.79. The summed E-state index contributed by atoms with van der Waals surface area (Å²) in [5.41, 5.74) is 0. The van der Waals surface area contributed by atoms with Gasteiger partial charge in [0.2, 0.25) is 0 Å². The summed E-state index contributed by atoms with van der Waals surface area (Å²) in [5, 5.41) is 3.36. The van der Waals surface area contributed by atoms with Crippen LogP contribution in [-0.2, 0) is 4.84 Å². The minimum absolute atomic E-state index is 1.33. The van der Waals surface area contributed by atoms with Crippen molar-refractivity contribution in [1.29, 1.82) is 0 Å². The monoisotopic (exact) mass is 96.0 g/mol. The van der Waals surface area contributed by atoms with Gasteiger partial charge in [-0.1, -0.05) is 5.16 Å². The van der Waals surface area contributed by atoms with Crippen LogP contribution >= 0.6 is 0 Å². The second-order valence-corrected chi connectivity index (χ2v) is 0.953. The van der Waals surface area contributed by atoms with Gasteiger partial charge in [-0.2, -0.15) is 0 Å². The fourth-order valence-electron chi connectivity index (χ4n) is 0.248. The van der Waals surface area contributed by atoms with Gasteiger partial charge in [0.25, 0.3) is 0 Å². The SMILES string of the molecule is C1=CON=CN=C1. The fraction of sp³-hybridized carbons (Fsp3) is 0. The van der Waals surface area contributed by atoms with Gasteiger partial charge in [0.1, 0.15) is 6.26 Å². The first-order valence-corrected chi connectivity index (χ1v) is 1.86. The second kappa shape index (κ2) is 2.12. The maximum atomic E-state index is 4.46. The van der Waals surface area contributed by atoms with Crippen molar-refractivity contribution in [2.45, 2.75) is 0 Å². The van der Waals surface area contributed by atoms with Crippen LogP contribution in [0.3, 0.4) is 0 Å². The lowest BCUT2D eigenvalue weighted by molar-refractivity contribution is 0.271. The summed E-state index contributed by atoms with van der Waals surface area (Å²) < 4.78 is 0. The summed E-state index contributed by atoms with van der Waals surface area (Å²) >= 11 is 0. The predicted octanol–water partition coefficient (Wildman–Crippen LogP) is 0.544. The molecule has 1 heterocycles. The fourth-order valence-corrected chi connectivity index (χ4v) is 0.248. The van der Waals surface area contributed by atoms with E-state index in [-0.39, 0.29) is 0 Å². The molecule has 0 unspecified atom stereocenters. The van der Waals surface area contributed by atoms with Gasteiger partial charge in [0, 0.05) is 6.21 Å². The Hall–Kier alpha value is -1.12. The van der Waals surface area contributed by atoms with E-state index in [0.29, 0.717) is 0 Å². The van der Waals surface area contributed by atoms with Crippen molar-refractivity contribution in [2.75, 3.05) is 0 Å². The van der Waals surface area contributed by atoms with Crippen LogP contribution < -0.4 is 0 Å². The summed E-state index contributed by atoms with van der Waals surface area (Å²) in [5.74, 6) is 0. The van der Waals surface area contributed by atoms with E-state index < -0.39 is 0 Å². The lowest BCUT2D eigenvalue weighted by Crippen LogP contribution is -1.62. The van der Waals surface area contributed by atoms with Crippen molar-refractivity contribution >= 4 is 12.6 Å². The average molecular weight is 96.1 g/mol. The highest BCUT2D eigenvalue weighted by Gasteiger charge is 1.71. The molecule has 0 aromatic carbocycles. The van der Waals surface area contributed by atoms with Crippen LogP contribution in [0.15, 0.2) is 22.5 Å². The molecule has 0 saturated carbocycles. The summed E-state index contributed by atoms with van der Waals surface area (Å²) in [6.07, 6.45) is 6.04. The molecule has 0 aliphatic carbocycles. The van der Waals surface area contributed by atoms with E-state index in [0.717, 1.165) is 0 Å². The molecule has 1 aliphatic heterocycles. The van der Waals surface area contributed by atoms with Crippen molar-refractivity contribution in [3.05, 3.63) is 12.3 Å². The van der Waals surface area contributed by atoms with Gasteiger partial charge >= 0.3 is 0 Å². The molecule has 0 aromatic rings. The van der Waals surface area contributed by atoms with E-state index in [1.807, 2.05) is 0 Å². The largest absolute Gasteiger partial charge is 0.363 e. The topological polar surface area (TPSA) is 34.0 Å². The molecule has 3 nitrogen and oxygen atoms in total. The molecule has 3 heteroatoms. The zero-order valence-corrected chi connectivity index (χ0v) is 3.61. The normalized spacial score (nSPS) is 16.0. The predicted molar refractivity (Wildman–Crippen MR) is 27.2 cm³/mol. The Kier molecular flexibility index (Phi) is 1.23. The van der Waals surface area contributed by atoms with Crippen LogP contribution in [0.5, 0.6) is 0 Å². The van der Waals surface area contributed by atoms with Gasteiger partial charge in [-0.25, -0.2) is 4.99 Å². The van der Waals surface area contributed by atoms with Crippen LogP contribution in [0.2, 0.25) is 0 Å². The standard InChI is InChI=1S/C4H4N2O/c1-2-5-4-6-7-3-1/h1-4H. The van der Waals surface area contributed by atoms with E-state index in [2.05, 4.69) is 15.0 Å². The lowest BCUT2D eigenvalue weighted by atomic mass is 10.7. The molecule has 0 fully saturated rings. The van der Waals surface area contributed by atoms with E-state index in [1.165, 1.54) is 12.6 Å². The van der Waals surface area contributed by atoms with Gasteiger partial charge in [0.15, 0.2) is 6.34 Å². The Bertz CT molecular complexity index is 112. The maximum Gasteiger partial charge on any atom is 0.155 e. The van der Waals surface area contributed by atoms with Gasteiger partial charge in [-0.15, -0.1) is 0 Å². The highest BCUT2D eigenvalue weighted by Crippen LogP contribution is 1.79. The lowest BCUT2D eigenvalue weighted by Gasteiger charge is -1.76. The number of hydrogen-bond acceptors (Lipinski definition) is 3. The molecule has 0 spiro atoms. The van der Waals surface area contributed by atoms with Crippen molar-refractivity contribution in [2.24, 2.45) is 10.1 Å². The molecule has 1 aliphatic rings. The van der Waals surface area contributed by atoms with Gasteiger partial charge in [-0.3, -0.25) is 0 Å². The summed E-state index contributed by atoms with van der Waals surface area (Å²) in [6, 6.07) is 0. The highest BCUT2D eigenvalue weighted by atomic mass is 16.6. The zero-order chi connectivity index (χ0) is 4.95. The molecule has 0 bridgehead atoms. The molecule has 36 valence electrons. The molecule has 0 N–H and O–H groups in total. The second-order valence-electron chi connectivity index (χ2n) is 0.953. The molecule has 1 rings (SSSR count). The number of oxime groups is 1. The maximum absolute atomic E-state index is 4.46. The Morgan fingerprint density at radius 1 is 1.43 bits per heavy atom. The first kappa shape index (κ1) is 4.05. The first-order valence-electron chi connectivity index (χ1n) is 1.86. The minimum atomic E-state index is 1.33. The van der Waals surface area contributed by atoms with Crippen LogP contribution in [0, 0.1) is 0 Å². The number of allylic oxidation sites excluding steroid dienone is 1. The van der Waals surface area contributed by atoms with E-state index in [1.54, 1.807) is 12.3 Å². The van der Waals surface area contributed by atoms with Crippen molar-refractivity contribution in [3.63, 3.8) is 0 Å². The summed E-state index contributed by atoms with van der Waals surface area (Å²) in [4.78, 5) is 8.10. The van der Waals surface area contributed by atoms with Crippen LogP contribution in [-0.4, -0.2) is 12.6 Å². The third kappa shape index (κ3) is 1.17. The van der Waals surface area contributed by atoms with Crippen molar-refractivity contribution in [1.82, 2.24) is 0 Å². The number of nitrogens with zero attached hydrogens (tertiary/aromatic N) is 2. The molecule has 0 aromatic heterocycles. The summed E-state index contributed by atoms with van der Waals surface area (Å²) in [7, 11) is 0. The Labute approximate surface area is 41.0 Å². The molecular formula is C4H4N2O. The van der Waals surface area contributed by atoms with E-state index in [9.17, 15) is 0 Å². The van der Waals surface area contributed by atoms with Crippen LogP contribution in [0.1, 0.15) is 0 Å². The van der Waals surface area contributed by atoms with Gasteiger partial charge in [-0.05, 0) is 6.08 Å². The Balaban J connectivity index is 2.60. The van der Waals surface area contributed by atoms with Crippen LogP contribution in [0.25, 0.3) is 0 Å². The minimum Gasteiger partial charge on any atom is -0.363 e. The average Bonchev–Trinajstić information content (AvgIpc) is 1.90. The third-order valence-corrected chi connectivity index (χ3v) is 0.486. The Morgan fingerprint density at radius 3 is 3.43 bits per heavy atom. The van der Waals surface area contributed by atoms with Gasteiger partial charge in [0.05, 0.1) is 0 Å². The number of aliphatic imine (C=N–C) groups is 1. The zero-order valence-electron chi connectivity index (χ0n) is 3.61. The molecule has 0 radical (unpaired) electrons. The Morgan fingerprint density at radius 2 is 2.43 bits per heavy atom.